The van der Waals surface area contributed by atoms with Crippen LogP contribution >= 0.6 is 0 Å². The fourth-order valence-corrected chi connectivity index (χ4v) is 3.96. The van der Waals surface area contributed by atoms with E-state index in [1.807, 2.05) is 13.0 Å². The number of aromatic nitrogens is 3. The van der Waals surface area contributed by atoms with Crippen LogP contribution in [0.15, 0.2) is 41.1 Å². The molecular formula is C23H25FN4O2. The molecule has 1 aromatic carbocycles. The molecule has 1 saturated heterocycles. The fourth-order valence-electron chi connectivity index (χ4n) is 3.96. The third-order valence-corrected chi connectivity index (χ3v) is 5.42. The van der Waals surface area contributed by atoms with E-state index in [0.29, 0.717) is 12.3 Å². The maximum absolute atomic E-state index is 14.3. The van der Waals surface area contributed by atoms with Crippen LogP contribution in [0.4, 0.5) is 4.39 Å². The zero-order valence-electron chi connectivity index (χ0n) is 17.3. The molecule has 0 spiro atoms. The molecule has 0 radical (unpaired) electrons. The molecule has 1 aliphatic rings. The van der Waals surface area contributed by atoms with Gasteiger partial charge in [0, 0.05) is 25.2 Å². The van der Waals surface area contributed by atoms with Crippen molar-refractivity contribution in [2.45, 2.75) is 52.0 Å². The van der Waals surface area contributed by atoms with E-state index < -0.39 is 5.82 Å². The zero-order chi connectivity index (χ0) is 21.1. The molecule has 4 rings (SSSR count). The standard InChI is InChI=1S/C23H25FN4O2/c1-3-8-21-25-14-17(20-13-15(2)27-30-20)22(26-21)19-11-6-7-12-28(19)23(29)16-9-4-5-10-18(16)24/h4-5,9-10,13-14,19H,3,6-8,11-12H2,1-2H3. The Labute approximate surface area is 175 Å². The second-order valence-electron chi connectivity index (χ2n) is 7.66. The Morgan fingerprint density at radius 1 is 1.30 bits per heavy atom. The van der Waals surface area contributed by atoms with Crippen molar-refractivity contribution in [2.75, 3.05) is 6.54 Å². The van der Waals surface area contributed by atoms with Gasteiger partial charge in [0.05, 0.1) is 28.6 Å². The van der Waals surface area contributed by atoms with E-state index in [9.17, 15) is 9.18 Å². The van der Waals surface area contributed by atoms with Crippen molar-refractivity contribution in [1.82, 2.24) is 20.0 Å². The summed E-state index contributed by atoms with van der Waals surface area (Å²) < 4.78 is 19.8. The Morgan fingerprint density at radius 2 is 2.13 bits per heavy atom. The van der Waals surface area contributed by atoms with E-state index in [4.69, 9.17) is 9.51 Å². The molecule has 30 heavy (non-hydrogen) atoms. The number of benzene rings is 1. The monoisotopic (exact) mass is 408 g/mol. The summed E-state index contributed by atoms with van der Waals surface area (Å²) in [4.78, 5) is 24.3. The van der Waals surface area contributed by atoms with Gasteiger partial charge in [-0.05, 0) is 44.7 Å². The van der Waals surface area contributed by atoms with Gasteiger partial charge in [0.2, 0.25) is 0 Å². The number of amides is 1. The van der Waals surface area contributed by atoms with Crippen molar-refractivity contribution in [2.24, 2.45) is 0 Å². The van der Waals surface area contributed by atoms with Crippen molar-refractivity contribution in [1.29, 1.82) is 0 Å². The molecule has 2 aromatic heterocycles. The number of carbonyl (C=O) groups is 1. The Hall–Kier alpha value is -3.09. The lowest BCUT2D eigenvalue weighted by molar-refractivity contribution is 0.0601. The number of piperidine rings is 1. The Kier molecular flexibility index (Phi) is 5.88. The molecule has 1 fully saturated rings. The summed E-state index contributed by atoms with van der Waals surface area (Å²) in [5, 5.41) is 3.99. The van der Waals surface area contributed by atoms with Crippen LogP contribution < -0.4 is 0 Å². The second-order valence-corrected chi connectivity index (χ2v) is 7.66. The first-order valence-electron chi connectivity index (χ1n) is 10.4. The quantitative estimate of drug-likeness (QED) is 0.600. The smallest absolute Gasteiger partial charge is 0.257 e. The van der Waals surface area contributed by atoms with Gasteiger partial charge in [0.15, 0.2) is 5.76 Å². The summed E-state index contributed by atoms with van der Waals surface area (Å²) in [5.74, 6) is 0.492. The van der Waals surface area contributed by atoms with E-state index in [-0.39, 0.29) is 17.5 Å². The highest BCUT2D eigenvalue weighted by Gasteiger charge is 2.33. The molecular weight excluding hydrogens is 383 g/mol. The lowest BCUT2D eigenvalue weighted by atomic mass is 9.94. The van der Waals surface area contributed by atoms with Crippen LogP contribution in [-0.2, 0) is 6.42 Å². The zero-order valence-corrected chi connectivity index (χ0v) is 17.3. The van der Waals surface area contributed by atoms with Crippen molar-refractivity contribution in [3.8, 4) is 11.3 Å². The fraction of sp³-hybridized carbons (Fsp3) is 0.391. The predicted molar refractivity (Wildman–Crippen MR) is 110 cm³/mol. The summed E-state index contributed by atoms with van der Waals surface area (Å²) in [6, 6.07) is 7.69. The molecule has 1 atom stereocenters. The van der Waals surface area contributed by atoms with Crippen molar-refractivity contribution >= 4 is 5.91 Å². The molecule has 3 heterocycles. The minimum atomic E-state index is -0.507. The van der Waals surface area contributed by atoms with Crippen molar-refractivity contribution < 1.29 is 13.7 Å². The lowest BCUT2D eigenvalue weighted by Gasteiger charge is -2.36. The molecule has 0 N–H and O–H groups in total. The van der Waals surface area contributed by atoms with E-state index in [0.717, 1.165) is 54.9 Å². The minimum absolute atomic E-state index is 0.0873. The topological polar surface area (TPSA) is 72.1 Å². The van der Waals surface area contributed by atoms with Gasteiger partial charge in [-0.1, -0.05) is 24.2 Å². The van der Waals surface area contributed by atoms with Gasteiger partial charge in [0.25, 0.3) is 5.91 Å². The van der Waals surface area contributed by atoms with E-state index in [1.165, 1.54) is 12.1 Å². The third kappa shape index (κ3) is 3.97. The van der Waals surface area contributed by atoms with Gasteiger partial charge in [-0.3, -0.25) is 4.79 Å². The van der Waals surface area contributed by atoms with Crippen LogP contribution in [0, 0.1) is 12.7 Å². The number of halogens is 1. The van der Waals surface area contributed by atoms with Gasteiger partial charge in [-0.25, -0.2) is 14.4 Å². The summed E-state index contributed by atoms with van der Waals surface area (Å²) in [6.45, 7) is 4.48. The molecule has 156 valence electrons. The minimum Gasteiger partial charge on any atom is -0.356 e. The Balaban J connectivity index is 1.78. The normalized spacial score (nSPS) is 16.6. The van der Waals surface area contributed by atoms with Gasteiger partial charge < -0.3 is 9.42 Å². The summed E-state index contributed by atoms with van der Waals surface area (Å²) in [7, 11) is 0. The Morgan fingerprint density at radius 3 is 2.87 bits per heavy atom. The molecule has 0 aliphatic carbocycles. The second kappa shape index (κ2) is 8.73. The molecule has 0 saturated carbocycles. The first-order chi connectivity index (χ1) is 14.6. The van der Waals surface area contributed by atoms with Gasteiger partial charge >= 0.3 is 0 Å². The number of hydrogen-bond acceptors (Lipinski definition) is 5. The summed E-state index contributed by atoms with van der Waals surface area (Å²) in [6.07, 6.45) is 6.02. The average molecular weight is 408 g/mol. The van der Waals surface area contributed by atoms with Crippen LogP contribution in [0.5, 0.6) is 0 Å². The van der Waals surface area contributed by atoms with E-state index >= 15 is 0 Å². The summed E-state index contributed by atoms with van der Waals surface area (Å²) in [5.41, 5.74) is 2.32. The molecule has 3 aromatic rings. The van der Waals surface area contributed by atoms with Crippen LogP contribution in [0.25, 0.3) is 11.3 Å². The number of nitrogens with zero attached hydrogens (tertiary/aromatic N) is 4. The number of likely N-dealkylation sites (tertiary alicyclic amines) is 1. The number of hydrogen-bond donors (Lipinski definition) is 0. The largest absolute Gasteiger partial charge is 0.356 e. The van der Waals surface area contributed by atoms with Crippen LogP contribution in [-0.4, -0.2) is 32.5 Å². The first-order valence-corrected chi connectivity index (χ1v) is 10.4. The molecule has 1 unspecified atom stereocenters. The SMILES string of the molecule is CCCc1ncc(-c2cc(C)no2)c(C2CCCCN2C(=O)c2ccccc2F)n1. The van der Waals surface area contributed by atoms with Crippen LogP contribution in [0.3, 0.4) is 0 Å². The van der Waals surface area contributed by atoms with Gasteiger partial charge in [-0.15, -0.1) is 0 Å². The van der Waals surface area contributed by atoms with Crippen molar-refractivity contribution in [3.63, 3.8) is 0 Å². The number of aryl methyl sites for hydroxylation is 2. The Bertz CT molecular complexity index is 1050. The highest BCUT2D eigenvalue weighted by molar-refractivity contribution is 5.95. The maximum atomic E-state index is 14.3. The predicted octanol–water partition coefficient (Wildman–Crippen LogP) is 4.90. The number of carbonyl (C=O) groups excluding carboxylic acids is 1. The average Bonchev–Trinajstić information content (AvgIpc) is 3.20. The number of rotatable bonds is 5. The molecule has 7 heteroatoms. The molecule has 1 aliphatic heterocycles. The highest BCUT2D eigenvalue weighted by atomic mass is 19.1. The van der Waals surface area contributed by atoms with Crippen LogP contribution in [0.1, 0.15) is 66.2 Å². The van der Waals surface area contributed by atoms with Gasteiger partial charge in [-0.2, -0.15) is 0 Å². The molecule has 6 nitrogen and oxygen atoms in total. The lowest BCUT2D eigenvalue weighted by Crippen LogP contribution is -2.39. The summed E-state index contributed by atoms with van der Waals surface area (Å²) >= 11 is 0. The van der Waals surface area contributed by atoms with E-state index in [1.54, 1.807) is 23.2 Å². The van der Waals surface area contributed by atoms with Crippen LogP contribution in [0.2, 0.25) is 0 Å². The molecule has 1 amide bonds. The third-order valence-electron chi connectivity index (χ3n) is 5.42. The van der Waals surface area contributed by atoms with Crippen molar-refractivity contribution in [3.05, 3.63) is 65.1 Å². The molecule has 0 bridgehead atoms. The highest BCUT2D eigenvalue weighted by Crippen LogP contribution is 2.37. The first kappa shape index (κ1) is 20.2. The van der Waals surface area contributed by atoms with E-state index in [2.05, 4.69) is 17.1 Å². The van der Waals surface area contributed by atoms with Gasteiger partial charge in [0.1, 0.15) is 11.6 Å². The maximum Gasteiger partial charge on any atom is 0.257 e.